The number of halogens is 1. The molecule has 1 fully saturated rings. The van der Waals surface area contributed by atoms with Gasteiger partial charge in [-0.15, -0.1) is 0 Å². The molecule has 5 heteroatoms. The number of aliphatic hydroxyl groups is 1. The second kappa shape index (κ2) is 5.38. The lowest BCUT2D eigenvalue weighted by Crippen LogP contribution is -2.42. The van der Waals surface area contributed by atoms with Crippen molar-refractivity contribution < 1.29 is 5.11 Å². The summed E-state index contributed by atoms with van der Waals surface area (Å²) in [5.74, 6) is 0.915. The lowest BCUT2D eigenvalue weighted by molar-refractivity contribution is 0.0116. The van der Waals surface area contributed by atoms with Crippen molar-refractivity contribution >= 4 is 17.4 Å². The molecule has 104 valence electrons. The van der Waals surface area contributed by atoms with Crippen molar-refractivity contribution in [2.24, 2.45) is 0 Å². The van der Waals surface area contributed by atoms with Crippen LogP contribution in [0.4, 0.5) is 5.82 Å². The molecule has 0 unspecified atom stereocenters. The van der Waals surface area contributed by atoms with Crippen LogP contribution >= 0.6 is 11.6 Å². The van der Waals surface area contributed by atoms with Crippen molar-refractivity contribution in [3.05, 3.63) is 53.4 Å². The molecule has 1 saturated heterocycles. The Kier molecular flexibility index (Phi) is 3.59. The van der Waals surface area contributed by atoms with Crippen molar-refractivity contribution in [3.8, 4) is 0 Å². The molecule has 20 heavy (non-hydrogen) atoms. The van der Waals surface area contributed by atoms with E-state index in [2.05, 4.69) is 14.9 Å². The second-order valence-corrected chi connectivity index (χ2v) is 5.53. The Hall–Kier alpha value is -1.65. The Labute approximate surface area is 123 Å². The van der Waals surface area contributed by atoms with Gasteiger partial charge in [-0.3, -0.25) is 0 Å². The first kappa shape index (κ1) is 13.3. The van der Waals surface area contributed by atoms with Crippen molar-refractivity contribution in [1.82, 2.24) is 9.97 Å². The van der Waals surface area contributed by atoms with Gasteiger partial charge in [0.05, 0.1) is 5.60 Å². The minimum absolute atomic E-state index is 0.679. The third-order valence-electron chi connectivity index (χ3n) is 3.86. The van der Waals surface area contributed by atoms with Crippen LogP contribution in [0.1, 0.15) is 18.4 Å². The fraction of sp³-hybridized carbons (Fsp3) is 0.333. The van der Waals surface area contributed by atoms with Gasteiger partial charge in [-0.25, -0.2) is 9.97 Å². The van der Waals surface area contributed by atoms with Gasteiger partial charge in [-0.1, -0.05) is 23.7 Å². The first-order valence-corrected chi connectivity index (χ1v) is 7.05. The molecule has 0 saturated carbocycles. The van der Waals surface area contributed by atoms with Gasteiger partial charge in [-0.2, -0.15) is 0 Å². The van der Waals surface area contributed by atoms with Gasteiger partial charge in [0.1, 0.15) is 12.1 Å². The molecule has 0 spiro atoms. The Morgan fingerprint density at radius 3 is 2.40 bits per heavy atom. The second-order valence-electron chi connectivity index (χ2n) is 5.09. The number of benzene rings is 1. The number of hydrogen-bond donors (Lipinski definition) is 1. The molecule has 1 aromatic heterocycles. The third kappa shape index (κ3) is 2.62. The number of anilines is 1. The zero-order valence-corrected chi connectivity index (χ0v) is 11.8. The summed E-state index contributed by atoms with van der Waals surface area (Å²) in [5, 5.41) is 11.5. The Morgan fingerprint density at radius 1 is 1.10 bits per heavy atom. The fourth-order valence-corrected chi connectivity index (χ4v) is 2.75. The van der Waals surface area contributed by atoms with Gasteiger partial charge in [-0.05, 0) is 36.6 Å². The van der Waals surface area contributed by atoms with E-state index in [1.165, 1.54) is 0 Å². The topological polar surface area (TPSA) is 49.2 Å². The van der Waals surface area contributed by atoms with Gasteiger partial charge in [0, 0.05) is 24.3 Å². The molecule has 4 nitrogen and oxygen atoms in total. The van der Waals surface area contributed by atoms with E-state index in [1.807, 2.05) is 30.3 Å². The molecule has 1 aliphatic heterocycles. The van der Waals surface area contributed by atoms with E-state index in [9.17, 15) is 5.11 Å². The number of piperidine rings is 1. The summed E-state index contributed by atoms with van der Waals surface area (Å²) in [6.45, 7) is 1.55. The number of nitrogens with zero attached hydrogens (tertiary/aromatic N) is 3. The van der Waals surface area contributed by atoms with Gasteiger partial charge in [0.2, 0.25) is 0 Å². The maximum atomic E-state index is 10.8. The van der Waals surface area contributed by atoms with Crippen molar-refractivity contribution in [2.75, 3.05) is 18.0 Å². The lowest BCUT2D eigenvalue weighted by Gasteiger charge is -2.39. The van der Waals surface area contributed by atoms with Crippen LogP contribution in [0.5, 0.6) is 0 Å². The molecule has 0 atom stereocenters. The number of rotatable bonds is 2. The van der Waals surface area contributed by atoms with E-state index in [-0.39, 0.29) is 0 Å². The molecular weight excluding hydrogens is 274 g/mol. The zero-order chi connectivity index (χ0) is 14.0. The highest BCUT2D eigenvalue weighted by Gasteiger charge is 2.34. The standard InChI is InChI=1S/C15H16ClN3O/c16-13-3-1-12(2-4-13)15(20)6-9-19(10-7-15)14-5-8-17-11-18-14/h1-5,8,11,20H,6-7,9-10H2. The molecule has 0 bridgehead atoms. The highest BCUT2D eigenvalue weighted by atomic mass is 35.5. The van der Waals surface area contributed by atoms with Crippen LogP contribution in [-0.2, 0) is 5.60 Å². The van der Waals surface area contributed by atoms with Gasteiger partial charge >= 0.3 is 0 Å². The van der Waals surface area contributed by atoms with Crippen LogP contribution in [0.25, 0.3) is 0 Å². The SMILES string of the molecule is OC1(c2ccc(Cl)cc2)CCN(c2ccncn2)CC1. The van der Waals surface area contributed by atoms with Crippen LogP contribution in [-0.4, -0.2) is 28.2 Å². The molecule has 3 rings (SSSR count). The smallest absolute Gasteiger partial charge is 0.131 e. The van der Waals surface area contributed by atoms with Gasteiger partial charge < -0.3 is 10.0 Å². The molecule has 1 aromatic carbocycles. The quantitative estimate of drug-likeness (QED) is 0.923. The predicted molar refractivity (Wildman–Crippen MR) is 78.8 cm³/mol. The summed E-state index contributed by atoms with van der Waals surface area (Å²) >= 11 is 5.90. The fourth-order valence-electron chi connectivity index (χ4n) is 2.63. The van der Waals surface area contributed by atoms with E-state index >= 15 is 0 Å². The van der Waals surface area contributed by atoms with E-state index < -0.39 is 5.60 Å². The Bertz CT molecular complexity index is 565. The van der Waals surface area contributed by atoms with E-state index in [4.69, 9.17) is 11.6 Å². The predicted octanol–water partition coefficient (Wildman–Crippen LogP) is 2.62. The molecule has 1 N–H and O–H groups in total. The molecule has 0 radical (unpaired) electrons. The average molecular weight is 290 g/mol. The maximum Gasteiger partial charge on any atom is 0.131 e. The number of hydrogen-bond acceptors (Lipinski definition) is 4. The summed E-state index contributed by atoms with van der Waals surface area (Å²) in [6.07, 6.45) is 4.65. The van der Waals surface area contributed by atoms with Crippen molar-refractivity contribution in [3.63, 3.8) is 0 Å². The monoisotopic (exact) mass is 289 g/mol. The van der Waals surface area contributed by atoms with Gasteiger partial charge in [0.25, 0.3) is 0 Å². The molecular formula is C15H16ClN3O. The van der Waals surface area contributed by atoms with Crippen LogP contribution in [0.3, 0.4) is 0 Å². The van der Waals surface area contributed by atoms with Crippen LogP contribution < -0.4 is 4.90 Å². The Balaban J connectivity index is 1.73. The minimum Gasteiger partial charge on any atom is -0.385 e. The maximum absolute atomic E-state index is 10.8. The van der Waals surface area contributed by atoms with E-state index in [0.29, 0.717) is 17.9 Å². The zero-order valence-electron chi connectivity index (χ0n) is 11.0. The van der Waals surface area contributed by atoms with Crippen LogP contribution in [0.15, 0.2) is 42.9 Å². The summed E-state index contributed by atoms with van der Waals surface area (Å²) in [5.41, 5.74) is 0.165. The van der Waals surface area contributed by atoms with E-state index in [0.717, 1.165) is 24.5 Å². The summed E-state index contributed by atoms with van der Waals surface area (Å²) < 4.78 is 0. The molecule has 2 heterocycles. The van der Waals surface area contributed by atoms with E-state index in [1.54, 1.807) is 12.5 Å². The molecule has 1 aliphatic rings. The first-order chi connectivity index (χ1) is 9.67. The first-order valence-electron chi connectivity index (χ1n) is 6.67. The molecule has 2 aromatic rings. The highest BCUT2D eigenvalue weighted by molar-refractivity contribution is 6.30. The molecule has 0 amide bonds. The lowest BCUT2D eigenvalue weighted by atomic mass is 9.84. The minimum atomic E-state index is -0.770. The highest BCUT2D eigenvalue weighted by Crippen LogP contribution is 2.34. The Morgan fingerprint density at radius 2 is 1.80 bits per heavy atom. The normalized spacial score (nSPS) is 18.0. The van der Waals surface area contributed by atoms with Crippen molar-refractivity contribution in [1.29, 1.82) is 0 Å². The van der Waals surface area contributed by atoms with Gasteiger partial charge in [0.15, 0.2) is 0 Å². The average Bonchev–Trinajstić information content (AvgIpc) is 2.49. The van der Waals surface area contributed by atoms with Crippen LogP contribution in [0.2, 0.25) is 5.02 Å². The number of aromatic nitrogens is 2. The molecule has 0 aliphatic carbocycles. The summed E-state index contributed by atoms with van der Waals surface area (Å²) in [7, 11) is 0. The summed E-state index contributed by atoms with van der Waals surface area (Å²) in [6, 6.07) is 9.36. The summed E-state index contributed by atoms with van der Waals surface area (Å²) in [4.78, 5) is 10.3. The van der Waals surface area contributed by atoms with Crippen molar-refractivity contribution in [2.45, 2.75) is 18.4 Å². The largest absolute Gasteiger partial charge is 0.385 e. The van der Waals surface area contributed by atoms with Crippen LogP contribution in [0, 0.1) is 0 Å². The third-order valence-corrected chi connectivity index (χ3v) is 4.11.